The molecule has 0 bridgehead atoms. The lowest BCUT2D eigenvalue weighted by Crippen LogP contribution is -2.08. The fourth-order valence-corrected chi connectivity index (χ4v) is 2.66. The number of hydrogen-bond donors (Lipinski definition) is 0. The first kappa shape index (κ1) is 15.5. The number of ether oxygens (including phenoxy) is 1. The number of alkyl halides is 3. The molecule has 0 spiro atoms. The van der Waals surface area contributed by atoms with E-state index >= 15 is 0 Å². The van der Waals surface area contributed by atoms with Crippen molar-refractivity contribution in [1.29, 1.82) is 0 Å². The second-order valence-electron chi connectivity index (χ2n) is 4.77. The zero-order chi connectivity index (χ0) is 16.8. The van der Waals surface area contributed by atoms with Crippen LogP contribution in [-0.4, -0.2) is 26.9 Å². The number of benzene rings is 1. The van der Waals surface area contributed by atoms with Crippen molar-refractivity contribution in [3.8, 4) is 17.0 Å². The summed E-state index contributed by atoms with van der Waals surface area (Å²) in [6.45, 7) is 0. The molecule has 0 aliphatic rings. The highest BCUT2D eigenvalue weighted by Crippen LogP contribution is 2.43. The molecule has 0 radical (unpaired) electrons. The van der Waals surface area contributed by atoms with Crippen LogP contribution in [0.1, 0.15) is 5.56 Å². The molecule has 2 heterocycles. The lowest BCUT2D eigenvalue weighted by molar-refractivity contribution is -0.138. The van der Waals surface area contributed by atoms with E-state index < -0.39 is 17.5 Å². The van der Waals surface area contributed by atoms with E-state index in [0.29, 0.717) is 16.7 Å². The van der Waals surface area contributed by atoms with Crippen molar-refractivity contribution in [3.05, 3.63) is 35.2 Å². The van der Waals surface area contributed by atoms with E-state index in [-0.39, 0.29) is 10.6 Å². The number of methoxy groups -OCH3 is 1. The minimum atomic E-state index is -4.61. The second kappa shape index (κ2) is 5.38. The van der Waals surface area contributed by atoms with E-state index in [0.717, 1.165) is 13.2 Å². The maximum absolute atomic E-state index is 13.2. The van der Waals surface area contributed by atoms with Crippen LogP contribution >= 0.6 is 11.6 Å². The number of hydrogen-bond acceptors (Lipinski definition) is 4. The van der Waals surface area contributed by atoms with Gasteiger partial charge in [0.1, 0.15) is 17.8 Å². The van der Waals surface area contributed by atoms with Gasteiger partial charge in [-0.2, -0.15) is 18.3 Å². The van der Waals surface area contributed by atoms with Crippen molar-refractivity contribution in [3.63, 3.8) is 0 Å². The van der Waals surface area contributed by atoms with Crippen molar-refractivity contribution in [2.24, 2.45) is 7.05 Å². The van der Waals surface area contributed by atoms with E-state index in [2.05, 4.69) is 15.1 Å². The van der Waals surface area contributed by atoms with Crippen molar-refractivity contribution in [2.75, 3.05) is 7.11 Å². The number of aromatic nitrogens is 4. The van der Waals surface area contributed by atoms with Gasteiger partial charge in [0, 0.05) is 18.8 Å². The first-order chi connectivity index (χ1) is 10.8. The Morgan fingerprint density at radius 2 is 2.00 bits per heavy atom. The molecular formula is C14H10ClF3N4O. The molecule has 0 amide bonds. The van der Waals surface area contributed by atoms with Crippen molar-refractivity contribution in [2.45, 2.75) is 6.18 Å². The smallest absolute Gasteiger partial charge is 0.420 e. The third-order valence-electron chi connectivity index (χ3n) is 3.33. The Morgan fingerprint density at radius 1 is 1.26 bits per heavy atom. The first-order valence-electron chi connectivity index (χ1n) is 6.40. The molecule has 3 rings (SSSR count). The van der Waals surface area contributed by atoms with Gasteiger partial charge in [0.05, 0.1) is 23.1 Å². The van der Waals surface area contributed by atoms with Crippen LogP contribution in [0.4, 0.5) is 13.2 Å². The van der Waals surface area contributed by atoms with Crippen LogP contribution in [0.5, 0.6) is 5.75 Å². The topological polar surface area (TPSA) is 52.8 Å². The molecule has 1 aromatic carbocycles. The summed E-state index contributed by atoms with van der Waals surface area (Å²) in [6.07, 6.45) is -1.77. The maximum atomic E-state index is 13.2. The molecule has 0 N–H and O–H groups in total. The molecule has 23 heavy (non-hydrogen) atoms. The molecule has 5 nitrogen and oxygen atoms in total. The van der Waals surface area contributed by atoms with E-state index in [9.17, 15) is 13.2 Å². The van der Waals surface area contributed by atoms with Crippen molar-refractivity contribution < 1.29 is 17.9 Å². The predicted octanol–water partition coefficient (Wildman–Crippen LogP) is 3.71. The minimum absolute atomic E-state index is 0.145. The molecule has 0 saturated heterocycles. The normalized spacial score (nSPS) is 11.9. The predicted molar refractivity (Wildman–Crippen MR) is 78.3 cm³/mol. The average molecular weight is 343 g/mol. The summed E-state index contributed by atoms with van der Waals surface area (Å²) >= 11 is 5.96. The summed E-state index contributed by atoms with van der Waals surface area (Å²) in [4.78, 5) is 7.96. The summed E-state index contributed by atoms with van der Waals surface area (Å²) < 4.78 is 46.0. The molecule has 0 fully saturated rings. The molecule has 0 aliphatic carbocycles. The van der Waals surface area contributed by atoms with Crippen LogP contribution in [0.15, 0.2) is 24.7 Å². The lowest BCUT2D eigenvalue weighted by atomic mass is 10.0. The fraction of sp³-hybridized carbons (Fsp3) is 0.214. The Kier molecular flexibility index (Phi) is 3.63. The van der Waals surface area contributed by atoms with E-state index in [1.807, 2.05) is 0 Å². The van der Waals surface area contributed by atoms with Gasteiger partial charge in [-0.25, -0.2) is 14.6 Å². The highest BCUT2D eigenvalue weighted by Gasteiger charge is 2.36. The van der Waals surface area contributed by atoms with Gasteiger partial charge in [0.25, 0.3) is 0 Å². The Bertz CT molecular complexity index is 892. The Balaban J connectivity index is 2.30. The number of halogens is 4. The fourth-order valence-electron chi connectivity index (χ4n) is 2.36. The molecule has 2 aromatic heterocycles. The molecule has 0 aliphatic heterocycles. The van der Waals surface area contributed by atoms with Crippen LogP contribution in [0.25, 0.3) is 22.3 Å². The van der Waals surface area contributed by atoms with Gasteiger partial charge in [-0.1, -0.05) is 11.6 Å². The van der Waals surface area contributed by atoms with E-state index in [1.54, 1.807) is 7.05 Å². The van der Waals surface area contributed by atoms with Crippen LogP contribution in [0.2, 0.25) is 5.02 Å². The second-order valence-corrected chi connectivity index (χ2v) is 5.18. The highest BCUT2D eigenvalue weighted by molar-refractivity contribution is 6.32. The molecular weight excluding hydrogens is 333 g/mol. The molecule has 120 valence electrons. The van der Waals surface area contributed by atoms with E-state index in [1.165, 1.54) is 23.3 Å². The Morgan fingerprint density at radius 3 is 2.65 bits per heavy atom. The monoisotopic (exact) mass is 342 g/mol. The standard InChI is InChI=1S/C14H10ClF3N4O/c1-22-13-8(5-19-6-20-13)11(21-22)7-3-9(14(16,17)18)12(23-2)10(15)4-7/h3-6H,1-2H3. The maximum Gasteiger partial charge on any atom is 0.420 e. The number of aryl methyl sites for hydroxylation is 1. The Hall–Kier alpha value is -2.35. The molecule has 3 aromatic rings. The van der Waals surface area contributed by atoms with Gasteiger partial charge in [-0.3, -0.25) is 0 Å². The van der Waals surface area contributed by atoms with Gasteiger partial charge in [0.15, 0.2) is 5.65 Å². The van der Waals surface area contributed by atoms with Crippen LogP contribution in [0, 0.1) is 0 Å². The van der Waals surface area contributed by atoms with Crippen LogP contribution < -0.4 is 4.74 Å². The first-order valence-corrected chi connectivity index (χ1v) is 6.78. The summed E-state index contributed by atoms with van der Waals surface area (Å²) in [5.74, 6) is -0.417. The average Bonchev–Trinajstić information content (AvgIpc) is 2.83. The van der Waals surface area contributed by atoms with Gasteiger partial charge in [-0.05, 0) is 12.1 Å². The zero-order valence-electron chi connectivity index (χ0n) is 12.0. The van der Waals surface area contributed by atoms with Gasteiger partial charge >= 0.3 is 6.18 Å². The van der Waals surface area contributed by atoms with Crippen LogP contribution in [0.3, 0.4) is 0 Å². The molecule has 0 unspecified atom stereocenters. The van der Waals surface area contributed by atoms with Crippen molar-refractivity contribution >= 4 is 22.6 Å². The molecule has 0 atom stereocenters. The van der Waals surface area contributed by atoms with Gasteiger partial charge in [0.2, 0.25) is 0 Å². The molecule has 0 saturated carbocycles. The lowest BCUT2D eigenvalue weighted by Gasteiger charge is -2.14. The largest absolute Gasteiger partial charge is 0.495 e. The zero-order valence-corrected chi connectivity index (χ0v) is 12.8. The summed E-state index contributed by atoms with van der Waals surface area (Å²) in [5.41, 5.74) is 0.0790. The molecule has 9 heteroatoms. The number of nitrogens with zero attached hydrogens (tertiary/aromatic N) is 4. The van der Waals surface area contributed by atoms with Gasteiger partial charge in [-0.15, -0.1) is 0 Å². The summed E-state index contributed by atoms with van der Waals surface area (Å²) in [5, 5.41) is 4.61. The third-order valence-corrected chi connectivity index (χ3v) is 3.61. The summed E-state index contributed by atoms with van der Waals surface area (Å²) in [6, 6.07) is 2.34. The summed E-state index contributed by atoms with van der Waals surface area (Å²) in [7, 11) is 2.79. The van der Waals surface area contributed by atoms with Gasteiger partial charge < -0.3 is 4.74 Å². The third kappa shape index (κ3) is 2.59. The minimum Gasteiger partial charge on any atom is -0.495 e. The number of rotatable bonds is 2. The highest BCUT2D eigenvalue weighted by atomic mass is 35.5. The van der Waals surface area contributed by atoms with Crippen molar-refractivity contribution in [1.82, 2.24) is 19.7 Å². The Labute approximate surface area is 133 Å². The SMILES string of the molecule is COc1c(Cl)cc(-c2nn(C)c3ncncc23)cc1C(F)(F)F. The van der Waals surface area contributed by atoms with E-state index in [4.69, 9.17) is 16.3 Å². The van der Waals surface area contributed by atoms with Crippen LogP contribution in [-0.2, 0) is 13.2 Å². The number of fused-ring (bicyclic) bond motifs is 1. The quantitative estimate of drug-likeness (QED) is 0.712.